The van der Waals surface area contributed by atoms with E-state index in [9.17, 15) is 18.4 Å². The standard InChI is InChI=1S/C21H23F2N3O3S/c1-29-16-8-4-15(5-9-16)25-20(28)18-3-2-12-26(18)13-19(27)24-14-6-10-17(11-7-14)30-21(22)23/h4-11,18,21H,2-3,12-13H2,1H3,(H,24,27)(H,25,28). The minimum atomic E-state index is -2.48. The van der Waals surface area contributed by atoms with E-state index in [4.69, 9.17) is 4.74 Å². The fourth-order valence-corrected chi connectivity index (χ4v) is 3.82. The Hall–Kier alpha value is -2.65. The number of nitrogens with one attached hydrogen (secondary N) is 2. The lowest BCUT2D eigenvalue weighted by atomic mass is 10.2. The number of rotatable bonds is 8. The molecule has 30 heavy (non-hydrogen) atoms. The quantitative estimate of drug-likeness (QED) is 0.612. The molecule has 9 heteroatoms. The van der Waals surface area contributed by atoms with E-state index < -0.39 is 5.76 Å². The highest BCUT2D eigenvalue weighted by Gasteiger charge is 2.32. The number of carbonyl (C=O) groups excluding carboxylic acids is 2. The number of thioether (sulfide) groups is 1. The highest BCUT2D eigenvalue weighted by atomic mass is 32.2. The molecule has 160 valence electrons. The Morgan fingerprint density at radius 2 is 1.73 bits per heavy atom. The maximum atomic E-state index is 12.7. The summed E-state index contributed by atoms with van der Waals surface area (Å²) in [6.45, 7) is 0.728. The van der Waals surface area contributed by atoms with Crippen molar-refractivity contribution in [2.75, 3.05) is 30.8 Å². The van der Waals surface area contributed by atoms with Crippen molar-refractivity contribution >= 4 is 35.0 Å². The molecule has 1 fully saturated rings. The van der Waals surface area contributed by atoms with Gasteiger partial charge in [-0.25, -0.2) is 0 Å². The van der Waals surface area contributed by atoms with E-state index in [1.807, 2.05) is 4.90 Å². The van der Waals surface area contributed by atoms with Gasteiger partial charge in [-0.05, 0) is 67.9 Å². The van der Waals surface area contributed by atoms with E-state index in [0.29, 0.717) is 46.7 Å². The van der Waals surface area contributed by atoms with Crippen molar-refractivity contribution in [2.24, 2.45) is 0 Å². The molecule has 3 rings (SSSR count). The predicted molar refractivity (Wildman–Crippen MR) is 113 cm³/mol. The summed E-state index contributed by atoms with van der Waals surface area (Å²) >= 11 is 0.453. The van der Waals surface area contributed by atoms with Crippen LogP contribution in [0.25, 0.3) is 0 Å². The summed E-state index contributed by atoms with van der Waals surface area (Å²) < 4.78 is 29.9. The average Bonchev–Trinajstić information content (AvgIpc) is 3.18. The summed E-state index contributed by atoms with van der Waals surface area (Å²) in [6.07, 6.45) is 1.50. The van der Waals surface area contributed by atoms with Gasteiger partial charge in [0, 0.05) is 16.3 Å². The third kappa shape index (κ3) is 6.17. The molecule has 0 aliphatic carbocycles. The second-order valence-electron chi connectivity index (χ2n) is 6.80. The van der Waals surface area contributed by atoms with Gasteiger partial charge in [0.25, 0.3) is 5.76 Å². The summed E-state index contributed by atoms with van der Waals surface area (Å²) in [5.74, 6) is -2.19. The van der Waals surface area contributed by atoms with Crippen LogP contribution in [0.1, 0.15) is 12.8 Å². The zero-order chi connectivity index (χ0) is 21.5. The number of nitrogens with zero attached hydrogens (tertiary/aromatic N) is 1. The first kappa shape index (κ1) is 22.0. The molecule has 2 aromatic carbocycles. The number of likely N-dealkylation sites (tertiary alicyclic amines) is 1. The van der Waals surface area contributed by atoms with E-state index in [1.165, 1.54) is 12.1 Å². The molecule has 1 aliphatic heterocycles. The molecule has 0 spiro atoms. The number of carbonyl (C=O) groups is 2. The SMILES string of the molecule is COc1ccc(NC(=O)C2CCCN2CC(=O)Nc2ccc(SC(F)F)cc2)cc1. The van der Waals surface area contributed by atoms with Crippen molar-refractivity contribution in [3.63, 3.8) is 0 Å². The maximum absolute atomic E-state index is 12.7. The predicted octanol–water partition coefficient (Wildman–Crippen LogP) is 4.05. The van der Waals surface area contributed by atoms with Gasteiger partial charge >= 0.3 is 0 Å². The fraction of sp³-hybridized carbons (Fsp3) is 0.333. The van der Waals surface area contributed by atoms with Crippen molar-refractivity contribution in [3.05, 3.63) is 48.5 Å². The monoisotopic (exact) mass is 435 g/mol. The fourth-order valence-electron chi connectivity index (χ4n) is 3.32. The largest absolute Gasteiger partial charge is 0.497 e. The lowest BCUT2D eigenvalue weighted by Gasteiger charge is -2.23. The van der Waals surface area contributed by atoms with E-state index >= 15 is 0 Å². The highest BCUT2D eigenvalue weighted by Crippen LogP contribution is 2.26. The molecule has 0 saturated carbocycles. The molecule has 1 saturated heterocycles. The number of hydrogen-bond acceptors (Lipinski definition) is 5. The molecule has 2 amide bonds. The molecule has 1 heterocycles. The first-order chi connectivity index (χ1) is 14.4. The van der Waals surface area contributed by atoms with Crippen molar-refractivity contribution in [2.45, 2.75) is 29.5 Å². The van der Waals surface area contributed by atoms with Crippen molar-refractivity contribution in [1.82, 2.24) is 4.90 Å². The Morgan fingerprint density at radius 3 is 2.37 bits per heavy atom. The zero-order valence-corrected chi connectivity index (χ0v) is 17.3. The second-order valence-corrected chi connectivity index (χ2v) is 7.86. The van der Waals surface area contributed by atoms with Crippen LogP contribution in [0.4, 0.5) is 20.2 Å². The minimum absolute atomic E-state index is 0.0776. The van der Waals surface area contributed by atoms with E-state index in [2.05, 4.69) is 10.6 Å². The molecular formula is C21H23F2N3O3S. The Bertz CT molecular complexity index is 863. The normalized spacial score (nSPS) is 16.5. The minimum Gasteiger partial charge on any atom is -0.497 e. The summed E-state index contributed by atoms with van der Waals surface area (Å²) in [6, 6.07) is 12.9. The topological polar surface area (TPSA) is 70.7 Å². The Labute approximate surface area is 178 Å². The number of ether oxygens (including phenoxy) is 1. The third-order valence-corrected chi connectivity index (χ3v) is 5.46. The lowest BCUT2D eigenvalue weighted by Crippen LogP contribution is -2.43. The molecule has 2 N–H and O–H groups in total. The summed E-state index contributed by atoms with van der Waals surface area (Å²) in [4.78, 5) is 27.3. The van der Waals surface area contributed by atoms with E-state index in [0.717, 1.165) is 6.42 Å². The molecule has 2 aromatic rings. The Kier molecular flexibility index (Phi) is 7.64. The second kappa shape index (κ2) is 10.4. The molecule has 1 unspecified atom stereocenters. The van der Waals surface area contributed by atoms with Crippen molar-refractivity contribution < 1.29 is 23.1 Å². The van der Waals surface area contributed by atoms with Gasteiger partial charge in [-0.15, -0.1) is 0 Å². The van der Waals surface area contributed by atoms with Crippen LogP contribution in [0.15, 0.2) is 53.4 Å². The summed E-state index contributed by atoms with van der Waals surface area (Å²) in [5.41, 5.74) is 1.19. The van der Waals surface area contributed by atoms with Gasteiger partial charge in [0.1, 0.15) is 5.75 Å². The molecule has 0 bridgehead atoms. The van der Waals surface area contributed by atoms with Crippen LogP contribution in [0, 0.1) is 0 Å². The Morgan fingerprint density at radius 1 is 1.10 bits per heavy atom. The lowest BCUT2D eigenvalue weighted by molar-refractivity contribution is -0.122. The number of anilines is 2. The summed E-state index contributed by atoms with van der Waals surface area (Å²) in [5, 5.41) is 5.63. The first-order valence-electron chi connectivity index (χ1n) is 9.48. The number of benzene rings is 2. The van der Waals surface area contributed by atoms with Crippen LogP contribution >= 0.6 is 11.8 Å². The molecule has 6 nitrogen and oxygen atoms in total. The number of methoxy groups -OCH3 is 1. The number of alkyl halides is 2. The van der Waals surface area contributed by atoms with Gasteiger partial charge in [0.05, 0.1) is 19.7 Å². The van der Waals surface area contributed by atoms with E-state index in [1.54, 1.807) is 43.5 Å². The van der Waals surface area contributed by atoms with Gasteiger partial charge in [-0.1, -0.05) is 11.8 Å². The zero-order valence-electron chi connectivity index (χ0n) is 16.4. The number of halogens is 2. The molecule has 1 atom stereocenters. The molecule has 0 radical (unpaired) electrons. The first-order valence-corrected chi connectivity index (χ1v) is 10.4. The highest BCUT2D eigenvalue weighted by molar-refractivity contribution is 7.99. The van der Waals surface area contributed by atoms with Crippen LogP contribution in [0.5, 0.6) is 5.75 Å². The average molecular weight is 435 g/mol. The summed E-state index contributed by atoms with van der Waals surface area (Å²) in [7, 11) is 1.58. The number of amides is 2. The van der Waals surface area contributed by atoms with Gasteiger partial charge in [0.2, 0.25) is 11.8 Å². The molecular weight excluding hydrogens is 412 g/mol. The van der Waals surface area contributed by atoms with E-state index in [-0.39, 0.29) is 24.4 Å². The van der Waals surface area contributed by atoms with Crippen LogP contribution in [0.2, 0.25) is 0 Å². The van der Waals surface area contributed by atoms with Crippen LogP contribution in [-0.2, 0) is 9.59 Å². The maximum Gasteiger partial charge on any atom is 0.288 e. The van der Waals surface area contributed by atoms with Gasteiger partial charge < -0.3 is 15.4 Å². The van der Waals surface area contributed by atoms with Gasteiger partial charge in [-0.3, -0.25) is 14.5 Å². The smallest absolute Gasteiger partial charge is 0.288 e. The molecule has 1 aliphatic rings. The van der Waals surface area contributed by atoms with Gasteiger partial charge in [0.15, 0.2) is 0 Å². The third-order valence-electron chi connectivity index (χ3n) is 4.73. The van der Waals surface area contributed by atoms with Crippen LogP contribution < -0.4 is 15.4 Å². The van der Waals surface area contributed by atoms with Gasteiger partial charge in [-0.2, -0.15) is 8.78 Å². The number of hydrogen-bond donors (Lipinski definition) is 2. The Balaban J connectivity index is 1.53. The van der Waals surface area contributed by atoms with Crippen LogP contribution in [-0.4, -0.2) is 48.7 Å². The van der Waals surface area contributed by atoms with Crippen LogP contribution in [0.3, 0.4) is 0 Å². The van der Waals surface area contributed by atoms with Crippen molar-refractivity contribution in [1.29, 1.82) is 0 Å². The van der Waals surface area contributed by atoms with Crippen molar-refractivity contribution in [3.8, 4) is 5.75 Å². The molecule has 0 aromatic heterocycles.